The van der Waals surface area contributed by atoms with E-state index in [0.717, 1.165) is 12.8 Å². The van der Waals surface area contributed by atoms with Crippen LogP contribution in [0.15, 0.2) is 0 Å². The van der Waals surface area contributed by atoms with Crippen LogP contribution in [0.3, 0.4) is 0 Å². The molecule has 0 aromatic rings. The maximum Gasteiger partial charge on any atom is 0.307 e. The SMILES string of the molecule is CC(=O)OC1CCC(=O)C2C(C(=O)O)CCCC12. The fraction of sp³-hybridized carbons (Fsp3) is 0.769. The summed E-state index contributed by atoms with van der Waals surface area (Å²) in [7, 11) is 0. The number of Topliss-reactive ketones (excluding diaryl/α,β-unsaturated/α-hetero) is 1. The van der Waals surface area contributed by atoms with Gasteiger partial charge in [-0.25, -0.2) is 0 Å². The number of carboxylic acid groups (broad SMARTS) is 1. The molecule has 5 heteroatoms. The maximum atomic E-state index is 12.0. The van der Waals surface area contributed by atoms with Crippen LogP contribution in [0.25, 0.3) is 0 Å². The Morgan fingerprint density at radius 2 is 2.00 bits per heavy atom. The van der Waals surface area contributed by atoms with Crippen molar-refractivity contribution in [3.8, 4) is 0 Å². The molecule has 0 heterocycles. The van der Waals surface area contributed by atoms with Gasteiger partial charge in [0.25, 0.3) is 0 Å². The van der Waals surface area contributed by atoms with Crippen molar-refractivity contribution in [2.24, 2.45) is 17.8 Å². The lowest BCUT2D eigenvalue weighted by Gasteiger charge is -2.42. The van der Waals surface area contributed by atoms with Gasteiger partial charge in [-0.15, -0.1) is 0 Å². The van der Waals surface area contributed by atoms with E-state index in [9.17, 15) is 19.5 Å². The number of esters is 1. The third-order valence-electron chi connectivity index (χ3n) is 4.11. The molecule has 1 N–H and O–H groups in total. The highest BCUT2D eigenvalue weighted by molar-refractivity contribution is 5.87. The van der Waals surface area contributed by atoms with Crippen molar-refractivity contribution in [1.29, 1.82) is 0 Å². The number of carbonyl (C=O) groups is 3. The van der Waals surface area contributed by atoms with Crippen LogP contribution in [0.5, 0.6) is 0 Å². The van der Waals surface area contributed by atoms with Crippen LogP contribution >= 0.6 is 0 Å². The molecule has 2 saturated carbocycles. The average molecular weight is 254 g/mol. The molecule has 0 bridgehead atoms. The van der Waals surface area contributed by atoms with Crippen molar-refractivity contribution in [3.05, 3.63) is 0 Å². The Balaban J connectivity index is 2.20. The summed E-state index contributed by atoms with van der Waals surface area (Å²) in [6.45, 7) is 1.35. The Hall–Kier alpha value is -1.39. The summed E-state index contributed by atoms with van der Waals surface area (Å²) in [4.78, 5) is 34.3. The molecule has 0 aromatic carbocycles. The fourth-order valence-corrected chi connectivity index (χ4v) is 3.41. The van der Waals surface area contributed by atoms with Crippen molar-refractivity contribution in [2.75, 3.05) is 0 Å². The lowest BCUT2D eigenvalue weighted by molar-refractivity contribution is -0.164. The monoisotopic (exact) mass is 254 g/mol. The molecule has 0 radical (unpaired) electrons. The molecule has 5 nitrogen and oxygen atoms in total. The largest absolute Gasteiger partial charge is 0.481 e. The Labute approximate surface area is 105 Å². The first-order valence-corrected chi connectivity index (χ1v) is 6.43. The van der Waals surface area contributed by atoms with Gasteiger partial charge >= 0.3 is 11.9 Å². The van der Waals surface area contributed by atoms with E-state index in [-0.39, 0.29) is 23.8 Å². The normalized spacial score (nSPS) is 35.7. The van der Waals surface area contributed by atoms with E-state index in [0.29, 0.717) is 19.3 Å². The Bertz CT molecular complexity index is 376. The molecule has 2 rings (SSSR count). The fourth-order valence-electron chi connectivity index (χ4n) is 3.41. The lowest BCUT2D eigenvalue weighted by Crippen LogP contribution is -2.48. The Morgan fingerprint density at radius 1 is 1.28 bits per heavy atom. The average Bonchev–Trinajstić information content (AvgIpc) is 2.31. The molecule has 100 valence electrons. The standard InChI is InChI=1S/C13H18O5/c1-7(14)18-11-6-5-10(15)12-8(11)3-2-4-9(12)13(16)17/h8-9,11-12H,2-6H2,1H3,(H,16,17). The smallest absolute Gasteiger partial charge is 0.307 e. The number of aliphatic carboxylic acids is 1. The number of fused-ring (bicyclic) bond motifs is 1. The van der Waals surface area contributed by atoms with Crippen LogP contribution in [-0.4, -0.2) is 28.9 Å². The van der Waals surface area contributed by atoms with Crippen molar-refractivity contribution < 1.29 is 24.2 Å². The highest BCUT2D eigenvalue weighted by atomic mass is 16.5. The molecule has 2 aliphatic carbocycles. The molecule has 0 amide bonds. The third kappa shape index (κ3) is 2.40. The number of carbonyl (C=O) groups excluding carboxylic acids is 2. The summed E-state index contributed by atoms with van der Waals surface area (Å²) >= 11 is 0. The summed E-state index contributed by atoms with van der Waals surface area (Å²) in [5.41, 5.74) is 0. The first-order valence-electron chi connectivity index (χ1n) is 6.43. The molecule has 0 aromatic heterocycles. The summed E-state index contributed by atoms with van der Waals surface area (Å²) in [5, 5.41) is 9.20. The summed E-state index contributed by atoms with van der Waals surface area (Å²) in [5.74, 6) is -2.41. The van der Waals surface area contributed by atoms with Gasteiger partial charge in [0, 0.05) is 25.2 Å². The molecule has 4 atom stereocenters. The highest BCUT2D eigenvalue weighted by Gasteiger charge is 2.48. The topological polar surface area (TPSA) is 80.7 Å². The summed E-state index contributed by atoms with van der Waals surface area (Å²) in [6.07, 6.45) is 2.68. The van der Waals surface area contributed by atoms with Gasteiger partial charge < -0.3 is 9.84 Å². The van der Waals surface area contributed by atoms with Gasteiger partial charge in [0.2, 0.25) is 0 Å². The van der Waals surface area contributed by atoms with Gasteiger partial charge in [0.15, 0.2) is 0 Å². The van der Waals surface area contributed by atoms with E-state index in [1.165, 1.54) is 6.92 Å². The van der Waals surface area contributed by atoms with E-state index < -0.39 is 17.8 Å². The number of ether oxygens (including phenoxy) is 1. The predicted molar refractivity (Wildman–Crippen MR) is 61.8 cm³/mol. The van der Waals surface area contributed by atoms with Gasteiger partial charge in [0.1, 0.15) is 11.9 Å². The van der Waals surface area contributed by atoms with E-state index in [1.807, 2.05) is 0 Å². The van der Waals surface area contributed by atoms with E-state index in [1.54, 1.807) is 0 Å². The third-order valence-corrected chi connectivity index (χ3v) is 4.11. The first-order chi connectivity index (χ1) is 8.50. The molecule has 18 heavy (non-hydrogen) atoms. The number of ketones is 1. The lowest BCUT2D eigenvalue weighted by atomic mass is 9.63. The number of carboxylic acids is 1. The zero-order chi connectivity index (χ0) is 13.3. The van der Waals surface area contributed by atoms with Gasteiger partial charge in [-0.05, 0) is 19.3 Å². The highest BCUT2D eigenvalue weighted by Crippen LogP contribution is 2.43. The van der Waals surface area contributed by atoms with Crippen LogP contribution in [0.4, 0.5) is 0 Å². The van der Waals surface area contributed by atoms with E-state index in [2.05, 4.69) is 0 Å². The predicted octanol–water partition coefficient (Wildman–Crippen LogP) is 1.40. The van der Waals surface area contributed by atoms with Gasteiger partial charge in [0.05, 0.1) is 5.92 Å². The van der Waals surface area contributed by atoms with E-state index in [4.69, 9.17) is 4.74 Å². The van der Waals surface area contributed by atoms with Crippen LogP contribution in [-0.2, 0) is 19.1 Å². The minimum atomic E-state index is -0.901. The van der Waals surface area contributed by atoms with Crippen molar-refractivity contribution in [2.45, 2.75) is 45.1 Å². The zero-order valence-electron chi connectivity index (χ0n) is 10.4. The van der Waals surface area contributed by atoms with Crippen molar-refractivity contribution in [3.63, 3.8) is 0 Å². The quantitative estimate of drug-likeness (QED) is 0.753. The molecule has 0 aliphatic heterocycles. The molecule has 2 fully saturated rings. The Kier molecular flexibility index (Phi) is 3.68. The van der Waals surface area contributed by atoms with Crippen LogP contribution in [0, 0.1) is 17.8 Å². The maximum absolute atomic E-state index is 12.0. The van der Waals surface area contributed by atoms with Gasteiger partial charge in [-0.1, -0.05) is 6.42 Å². The van der Waals surface area contributed by atoms with Crippen molar-refractivity contribution >= 4 is 17.7 Å². The van der Waals surface area contributed by atoms with Crippen LogP contribution in [0.1, 0.15) is 39.0 Å². The second-order valence-electron chi connectivity index (χ2n) is 5.22. The number of rotatable bonds is 2. The molecule has 0 saturated heterocycles. The summed E-state index contributed by atoms with van der Waals surface area (Å²) < 4.78 is 5.25. The number of hydrogen-bond acceptors (Lipinski definition) is 4. The molecule has 4 unspecified atom stereocenters. The van der Waals surface area contributed by atoms with Crippen molar-refractivity contribution in [1.82, 2.24) is 0 Å². The minimum absolute atomic E-state index is 0.0236. The zero-order valence-corrected chi connectivity index (χ0v) is 10.4. The summed E-state index contributed by atoms with van der Waals surface area (Å²) in [6, 6.07) is 0. The van der Waals surface area contributed by atoms with Crippen LogP contribution < -0.4 is 0 Å². The molecular formula is C13H18O5. The molecule has 0 spiro atoms. The van der Waals surface area contributed by atoms with Gasteiger partial charge in [-0.3, -0.25) is 14.4 Å². The minimum Gasteiger partial charge on any atom is -0.481 e. The number of hydrogen-bond donors (Lipinski definition) is 1. The first kappa shape index (κ1) is 13.1. The van der Waals surface area contributed by atoms with Gasteiger partial charge in [-0.2, -0.15) is 0 Å². The van der Waals surface area contributed by atoms with Crippen LogP contribution in [0.2, 0.25) is 0 Å². The van der Waals surface area contributed by atoms with E-state index >= 15 is 0 Å². The second kappa shape index (κ2) is 5.08. The molecule has 2 aliphatic rings. The molecular weight excluding hydrogens is 236 g/mol. The second-order valence-corrected chi connectivity index (χ2v) is 5.22. The Morgan fingerprint density at radius 3 is 2.61 bits per heavy atom.